The summed E-state index contributed by atoms with van der Waals surface area (Å²) in [4.78, 5) is 37.6. The lowest BCUT2D eigenvalue weighted by Crippen LogP contribution is -2.05. The van der Waals surface area contributed by atoms with E-state index in [1.165, 1.54) is 37.3 Å². The molecule has 2 aromatic carbocycles. The minimum atomic E-state index is -0.705. The first-order valence-corrected chi connectivity index (χ1v) is 7.30. The number of fused-ring (bicyclic) bond motifs is 1. The van der Waals surface area contributed by atoms with Crippen molar-refractivity contribution in [2.75, 3.05) is 0 Å². The van der Waals surface area contributed by atoms with Crippen LogP contribution in [-0.4, -0.2) is 15.9 Å². The maximum Gasteiger partial charge on any atom is 0.347 e. The zero-order valence-corrected chi connectivity index (χ0v) is 13.4. The molecule has 126 valence electrons. The summed E-state index contributed by atoms with van der Waals surface area (Å²) in [5, 5.41) is 10.9. The average Bonchev–Trinajstić information content (AvgIpc) is 2.54. The molecule has 0 saturated heterocycles. The Labute approximate surface area is 144 Å². The Hall–Kier alpha value is -3.26. The van der Waals surface area contributed by atoms with Gasteiger partial charge in [-0.25, -0.2) is 9.78 Å². The van der Waals surface area contributed by atoms with Gasteiger partial charge in [0.25, 0.3) is 5.69 Å². The summed E-state index contributed by atoms with van der Waals surface area (Å²) in [6, 6.07) is 8.05. The Morgan fingerprint density at radius 1 is 1.28 bits per heavy atom. The lowest BCUT2D eigenvalue weighted by atomic mass is 10.2. The van der Waals surface area contributed by atoms with Gasteiger partial charge in [0.15, 0.2) is 0 Å². The summed E-state index contributed by atoms with van der Waals surface area (Å²) < 4.78 is 10.1. The van der Waals surface area contributed by atoms with Gasteiger partial charge < -0.3 is 9.15 Å². The molecule has 3 aromatic rings. The first-order chi connectivity index (χ1) is 11.8. The van der Waals surface area contributed by atoms with E-state index in [0.29, 0.717) is 5.52 Å². The molecule has 0 atom stereocenters. The monoisotopic (exact) mass is 360 g/mol. The number of rotatable bonds is 3. The van der Waals surface area contributed by atoms with E-state index in [1.807, 2.05) is 0 Å². The molecule has 25 heavy (non-hydrogen) atoms. The van der Waals surface area contributed by atoms with Gasteiger partial charge in [0, 0.05) is 19.1 Å². The SMILES string of the molecule is CC(=O)Oc1ccc2nc(-c3ccc([N+](=O)[O-])cc3Cl)oc(=O)c2c1. The number of hydrogen-bond donors (Lipinski definition) is 0. The minimum absolute atomic E-state index is 0.0285. The number of nitro groups is 1. The second-order valence-corrected chi connectivity index (χ2v) is 5.41. The number of benzene rings is 2. The number of hydrogen-bond acceptors (Lipinski definition) is 7. The van der Waals surface area contributed by atoms with Crippen LogP contribution in [-0.2, 0) is 4.79 Å². The average molecular weight is 361 g/mol. The fourth-order valence-corrected chi connectivity index (χ4v) is 2.44. The number of carbonyl (C=O) groups excluding carboxylic acids is 1. The molecule has 1 heterocycles. The van der Waals surface area contributed by atoms with Crippen molar-refractivity contribution in [3.8, 4) is 17.2 Å². The van der Waals surface area contributed by atoms with Crippen LogP contribution in [0, 0.1) is 10.1 Å². The van der Waals surface area contributed by atoms with Gasteiger partial charge in [-0.3, -0.25) is 14.9 Å². The Kier molecular flexibility index (Phi) is 4.20. The third-order valence-corrected chi connectivity index (χ3v) is 3.57. The molecule has 0 saturated carbocycles. The number of aromatic nitrogens is 1. The predicted molar refractivity (Wildman–Crippen MR) is 88.7 cm³/mol. The highest BCUT2D eigenvalue weighted by Crippen LogP contribution is 2.30. The highest BCUT2D eigenvalue weighted by Gasteiger charge is 2.16. The second-order valence-electron chi connectivity index (χ2n) is 5.00. The van der Waals surface area contributed by atoms with E-state index in [9.17, 15) is 19.7 Å². The predicted octanol–water partition coefficient (Wildman–Crippen LogP) is 3.34. The van der Waals surface area contributed by atoms with Crippen LogP contribution in [0.25, 0.3) is 22.4 Å². The zero-order valence-electron chi connectivity index (χ0n) is 12.7. The molecule has 0 fully saturated rings. The molecule has 0 aliphatic heterocycles. The third-order valence-electron chi connectivity index (χ3n) is 3.25. The maximum atomic E-state index is 12.2. The summed E-state index contributed by atoms with van der Waals surface area (Å²) in [5.74, 6) is -0.404. The first-order valence-electron chi connectivity index (χ1n) is 6.93. The molecule has 8 nitrogen and oxygen atoms in total. The molecule has 0 N–H and O–H groups in total. The normalized spacial score (nSPS) is 10.6. The summed E-state index contributed by atoms with van der Waals surface area (Å²) in [5.41, 5.74) is -0.349. The van der Waals surface area contributed by atoms with Crippen molar-refractivity contribution in [1.82, 2.24) is 4.98 Å². The van der Waals surface area contributed by atoms with E-state index < -0.39 is 16.5 Å². The topological polar surface area (TPSA) is 113 Å². The van der Waals surface area contributed by atoms with Crippen LogP contribution in [0.4, 0.5) is 5.69 Å². The summed E-state index contributed by atoms with van der Waals surface area (Å²) >= 11 is 6.03. The second kappa shape index (κ2) is 6.33. The molecular weight excluding hydrogens is 352 g/mol. The molecule has 0 aliphatic rings. The van der Waals surface area contributed by atoms with E-state index >= 15 is 0 Å². The number of ether oxygens (including phenoxy) is 1. The number of halogens is 1. The molecular formula is C16H9ClN2O6. The highest BCUT2D eigenvalue weighted by atomic mass is 35.5. The smallest absolute Gasteiger partial charge is 0.347 e. The number of nitrogens with zero attached hydrogens (tertiary/aromatic N) is 2. The first kappa shape index (κ1) is 16.6. The lowest BCUT2D eigenvalue weighted by Gasteiger charge is -2.05. The van der Waals surface area contributed by atoms with E-state index in [4.69, 9.17) is 20.8 Å². The maximum absolute atomic E-state index is 12.2. The van der Waals surface area contributed by atoms with Crippen molar-refractivity contribution < 1.29 is 18.9 Å². The van der Waals surface area contributed by atoms with Gasteiger partial charge in [0.05, 0.1) is 26.4 Å². The highest BCUT2D eigenvalue weighted by molar-refractivity contribution is 6.33. The molecule has 0 unspecified atom stereocenters. The van der Waals surface area contributed by atoms with Crippen molar-refractivity contribution in [2.24, 2.45) is 0 Å². The van der Waals surface area contributed by atoms with Crippen LogP contribution < -0.4 is 10.4 Å². The van der Waals surface area contributed by atoms with Crippen molar-refractivity contribution in [2.45, 2.75) is 6.92 Å². The molecule has 0 aliphatic carbocycles. The Balaban J connectivity index is 2.11. The molecule has 0 spiro atoms. The van der Waals surface area contributed by atoms with Gasteiger partial charge in [-0.05, 0) is 24.3 Å². The van der Waals surface area contributed by atoms with Crippen molar-refractivity contribution in [3.05, 3.63) is 62.0 Å². The minimum Gasteiger partial charge on any atom is -0.427 e. The van der Waals surface area contributed by atoms with Crippen LogP contribution in [0.5, 0.6) is 5.75 Å². The molecule has 0 radical (unpaired) electrons. The van der Waals surface area contributed by atoms with Crippen LogP contribution in [0.2, 0.25) is 5.02 Å². The number of nitro benzene ring substituents is 1. The Morgan fingerprint density at radius 2 is 2.04 bits per heavy atom. The van der Waals surface area contributed by atoms with Crippen molar-refractivity contribution in [3.63, 3.8) is 0 Å². The van der Waals surface area contributed by atoms with Gasteiger partial charge in [-0.15, -0.1) is 0 Å². The van der Waals surface area contributed by atoms with Crippen molar-refractivity contribution >= 4 is 34.2 Å². The van der Waals surface area contributed by atoms with E-state index in [2.05, 4.69) is 4.98 Å². The fourth-order valence-electron chi connectivity index (χ4n) is 2.19. The zero-order chi connectivity index (χ0) is 18.1. The lowest BCUT2D eigenvalue weighted by molar-refractivity contribution is -0.384. The molecule has 0 bridgehead atoms. The molecule has 0 amide bonds. The van der Waals surface area contributed by atoms with Crippen LogP contribution >= 0.6 is 11.6 Å². The quantitative estimate of drug-likeness (QED) is 0.304. The standard InChI is InChI=1S/C16H9ClN2O6/c1-8(20)24-10-3-5-14-12(7-10)16(21)25-15(18-14)11-4-2-9(19(22)23)6-13(11)17/h2-7H,1H3. The van der Waals surface area contributed by atoms with Crippen LogP contribution in [0.1, 0.15) is 6.92 Å². The Bertz CT molecular complexity index is 1080. The van der Waals surface area contributed by atoms with E-state index in [-0.39, 0.29) is 33.3 Å². The van der Waals surface area contributed by atoms with Gasteiger partial charge in [-0.1, -0.05) is 11.6 Å². The van der Waals surface area contributed by atoms with E-state index in [0.717, 1.165) is 6.07 Å². The number of esters is 1. The molecule has 3 rings (SSSR count). The van der Waals surface area contributed by atoms with E-state index in [1.54, 1.807) is 0 Å². The molecule has 1 aromatic heterocycles. The summed E-state index contributed by atoms with van der Waals surface area (Å²) in [6.45, 7) is 1.24. The van der Waals surface area contributed by atoms with Crippen molar-refractivity contribution in [1.29, 1.82) is 0 Å². The van der Waals surface area contributed by atoms with Gasteiger partial charge in [-0.2, -0.15) is 0 Å². The Morgan fingerprint density at radius 3 is 2.68 bits per heavy atom. The largest absolute Gasteiger partial charge is 0.427 e. The number of non-ortho nitro benzene ring substituents is 1. The van der Waals surface area contributed by atoms with Crippen LogP contribution in [0.15, 0.2) is 45.6 Å². The third kappa shape index (κ3) is 3.33. The van der Waals surface area contributed by atoms with Gasteiger partial charge in [0.1, 0.15) is 5.75 Å². The number of carbonyl (C=O) groups is 1. The molecule has 9 heteroatoms. The van der Waals surface area contributed by atoms with Crippen LogP contribution in [0.3, 0.4) is 0 Å². The summed E-state index contributed by atoms with van der Waals surface area (Å²) in [7, 11) is 0. The fraction of sp³-hybridized carbons (Fsp3) is 0.0625. The van der Waals surface area contributed by atoms with Gasteiger partial charge >= 0.3 is 11.6 Å². The van der Waals surface area contributed by atoms with Gasteiger partial charge in [0.2, 0.25) is 5.89 Å². The summed E-state index contributed by atoms with van der Waals surface area (Å²) in [6.07, 6.45) is 0.